The Balaban J connectivity index is 1.87. The lowest BCUT2D eigenvalue weighted by Gasteiger charge is -2.22. The maximum Gasteiger partial charge on any atom is 0.223 e. The van der Waals surface area contributed by atoms with E-state index in [0.717, 1.165) is 16.5 Å². The van der Waals surface area contributed by atoms with E-state index in [1.807, 2.05) is 32.2 Å². The number of anilines is 1. The number of hydrogen-bond donors (Lipinski definition) is 4. The number of aliphatic hydroxyl groups is 1. The Hall–Kier alpha value is -3.01. The maximum absolute atomic E-state index is 9.84. The number of nitrogens with two attached hydrogens (primary N) is 1. The highest BCUT2D eigenvalue weighted by molar-refractivity contribution is 6.35. The largest absolute Gasteiger partial charge is 0.394 e. The number of aromatic nitrogens is 6. The molecule has 0 atom stereocenters. The Bertz CT molecular complexity index is 1180. The number of nitrogens with one attached hydrogen (secondary N) is 2. The highest BCUT2D eigenvalue weighted by atomic mass is 35.5. The number of pyridine rings is 1. The zero-order valence-corrected chi connectivity index (χ0v) is 17.5. The maximum atomic E-state index is 9.84. The lowest BCUT2D eigenvalue weighted by molar-refractivity contribution is 0.152. The summed E-state index contributed by atoms with van der Waals surface area (Å²) in [6.45, 7) is 4.80. The molecule has 0 bridgehead atoms. The molecule has 0 aliphatic carbocycles. The molecular weight excluding hydrogens is 404 g/mol. The molecule has 0 fully saturated rings. The van der Waals surface area contributed by atoms with E-state index < -0.39 is 5.54 Å². The van der Waals surface area contributed by atoms with Crippen LogP contribution in [0.15, 0.2) is 36.9 Å². The van der Waals surface area contributed by atoms with E-state index in [-0.39, 0.29) is 6.61 Å². The van der Waals surface area contributed by atoms with Gasteiger partial charge in [0, 0.05) is 54.4 Å². The first-order valence-electron chi connectivity index (χ1n) is 9.54. The summed E-state index contributed by atoms with van der Waals surface area (Å²) in [5, 5.41) is 19.1. The molecule has 9 nitrogen and oxygen atoms in total. The average molecular weight is 427 g/mol. The molecule has 0 unspecified atom stereocenters. The number of aliphatic hydroxyl groups excluding tert-OH is 1. The van der Waals surface area contributed by atoms with Gasteiger partial charge in [0.05, 0.1) is 22.9 Å². The van der Waals surface area contributed by atoms with Gasteiger partial charge in [0.25, 0.3) is 0 Å². The molecule has 4 aromatic rings. The molecule has 0 spiro atoms. The molecule has 4 rings (SSSR count). The SMILES string of the molecule is CC(C)(CO)n1cc(-c2ccnc(NCCN)n2)c(-c2cnc3[nH]cc(Cl)c3c2)n1. The number of H-pyrrole nitrogens is 1. The van der Waals surface area contributed by atoms with Gasteiger partial charge >= 0.3 is 0 Å². The molecule has 0 aromatic carbocycles. The van der Waals surface area contributed by atoms with Gasteiger partial charge in [-0.3, -0.25) is 4.68 Å². The highest BCUT2D eigenvalue weighted by Crippen LogP contribution is 2.34. The highest BCUT2D eigenvalue weighted by Gasteiger charge is 2.24. The van der Waals surface area contributed by atoms with Gasteiger partial charge in [-0.2, -0.15) is 5.10 Å². The third-order valence-corrected chi connectivity index (χ3v) is 5.15. The van der Waals surface area contributed by atoms with E-state index in [4.69, 9.17) is 22.4 Å². The quantitative estimate of drug-likeness (QED) is 0.357. The first-order chi connectivity index (χ1) is 14.4. The fourth-order valence-electron chi connectivity index (χ4n) is 3.04. The molecule has 0 aliphatic heterocycles. The minimum Gasteiger partial charge on any atom is -0.394 e. The minimum atomic E-state index is -0.593. The third kappa shape index (κ3) is 3.74. The zero-order valence-electron chi connectivity index (χ0n) is 16.7. The lowest BCUT2D eigenvalue weighted by atomic mass is 10.1. The van der Waals surface area contributed by atoms with Crippen LogP contribution < -0.4 is 11.1 Å². The van der Waals surface area contributed by atoms with Crippen LogP contribution in [0.5, 0.6) is 0 Å². The van der Waals surface area contributed by atoms with E-state index in [1.165, 1.54) is 0 Å². The second-order valence-corrected chi connectivity index (χ2v) is 7.95. The van der Waals surface area contributed by atoms with E-state index in [2.05, 4.69) is 25.3 Å². The molecule has 0 saturated heterocycles. The third-order valence-electron chi connectivity index (χ3n) is 4.83. The summed E-state index contributed by atoms with van der Waals surface area (Å²) in [4.78, 5) is 16.4. The lowest BCUT2D eigenvalue weighted by Crippen LogP contribution is -2.30. The van der Waals surface area contributed by atoms with E-state index in [0.29, 0.717) is 41.1 Å². The molecule has 30 heavy (non-hydrogen) atoms. The van der Waals surface area contributed by atoms with E-state index >= 15 is 0 Å². The number of hydrogen-bond acceptors (Lipinski definition) is 7. The molecule has 5 N–H and O–H groups in total. The Labute approximate surface area is 178 Å². The van der Waals surface area contributed by atoms with Gasteiger partial charge in [-0.25, -0.2) is 15.0 Å². The van der Waals surface area contributed by atoms with Crippen molar-refractivity contribution < 1.29 is 5.11 Å². The van der Waals surface area contributed by atoms with Crippen molar-refractivity contribution in [2.24, 2.45) is 5.73 Å². The Kier molecular flexibility index (Phi) is 5.42. The first kappa shape index (κ1) is 20.3. The van der Waals surface area contributed by atoms with Crippen molar-refractivity contribution in [2.45, 2.75) is 19.4 Å². The van der Waals surface area contributed by atoms with Crippen LogP contribution in [0.2, 0.25) is 5.02 Å². The van der Waals surface area contributed by atoms with Gasteiger partial charge in [-0.05, 0) is 26.0 Å². The summed E-state index contributed by atoms with van der Waals surface area (Å²) in [6, 6.07) is 3.76. The van der Waals surface area contributed by atoms with Crippen LogP contribution in [0, 0.1) is 0 Å². The number of rotatable bonds is 7. The second kappa shape index (κ2) is 8.02. The number of nitrogens with zero attached hydrogens (tertiary/aromatic N) is 5. The van der Waals surface area contributed by atoms with Gasteiger partial charge in [0.15, 0.2) is 0 Å². The summed E-state index contributed by atoms with van der Waals surface area (Å²) in [5.41, 5.74) is 8.64. The molecule has 0 aliphatic rings. The van der Waals surface area contributed by atoms with Gasteiger partial charge < -0.3 is 21.1 Å². The molecule has 4 aromatic heterocycles. The summed E-state index contributed by atoms with van der Waals surface area (Å²) >= 11 is 6.29. The van der Waals surface area contributed by atoms with Crippen molar-refractivity contribution in [1.29, 1.82) is 0 Å². The Morgan fingerprint density at radius 3 is 2.93 bits per heavy atom. The zero-order chi connectivity index (χ0) is 21.3. The van der Waals surface area contributed by atoms with Crippen LogP contribution in [0.25, 0.3) is 33.5 Å². The fourth-order valence-corrected chi connectivity index (χ4v) is 3.23. The smallest absolute Gasteiger partial charge is 0.223 e. The van der Waals surface area contributed by atoms with E-state index in [9.17, 15) is 5.11 Å². The van der Waals surface area contributed by atoms with Crippen molar-refractivity contribution in [3.8, 4) is 22.5 Å². The van der Waals surface area contributed by atoms with E-state index in [1.54, 1.807) is 23.3 Å². The fraction of sp³-hybridized carbons (Fsp3) is 0.300. The number of aromatic amines is 1. The van der Waals surface area contributed by atoms with Crippen molar-refractivity contribution in [3.63, 3.8) is 0 Å². The topological polar surface area (TPSA) is 131 Å². The van der Waals surface area contributed by atoms with Crippen LogP contribution in [0.3, 0.4) is 0 Å². The van der Waals surface area contributed by atoms with Gasteiger partial charge in [-0.1, -0.05) is 11.6 Å². The summed E-state index contributed by atoms with van der Waals surface area (Å²) in [6.07, 6.45) is 7.01. The van der Waals surface area contributed by atoms with Crippen LogP contribution in [0.1, 0.15) is 13.8 Å². The van der Waals surface area contributed by atoms with Crippen molar-refractivity contribution in [2.75, 3.05) is 25.0 Å². The monoisotopic (exact) mass is 426 g/mol. The molecule has 156 valence electrons. The molecule has 4 heterocycles. The predicted octanol–water partition coefficient (Wildman–Crippen LogP) is 2.63. The molecule has 0 radical (unpaired) electrons. The summed E-state index contributed by atoms with van der Waals surface area (Å²) < 4.78 is 1.75. The summed E-state index contributed by atoms with van der Waals surface area (Å²) in [7, 11) is 0. The molecule has 10 heteroatoms. The van der Waals surface area contributed by atoms with Crippen LogP contribution in [-0.2, 0) is 5.54 Å². The predicted molar refractivity (Wildman–Crippen MR) is 117 cm³/mol. The number of halogens is 1. The normalized spacial score (nSPS) is 11.9. The number of fused-ring (bicyclic) bond motifs is 1. The van der Waals surface area contributed by atoms with Crippen LogP contribution >= 0.6 is 11.6 Å². The molecule has 0 amide bonds. The second-order valence-electron chi connectivity index (χ2n) is 7.54. The van der Waals surface area contributed by atoms with Gasteiger partial charge in [0.1, 0.15) is 11.3 Å². The Morgan fingerprint density at radius 1 is 1.33 bits per heavy atom. The molecular formula is C20H23ClN8O. The first-order valence-corrected chi connectivity index (χ1v) is 9.92. The van der Waals surface area contributed by atoms with Crippen molar-refractivity contribution >= 4 is 28.6 Å². The van der Waals surface area contributed by atoms with Crippen molar-refractivity contribution in [1.82, 2.24) is 29.7 Å². The van der Waals surface area contributed by atoms with Crippen LogP contribution in [-0.4, -0.2) is 54.5 Å². The summed E-state index contributed by atoms with van der Waals surface area (Å²) in [5.74, 6) is 0.486. The molecule has 0 saturated carbocycles. The van der Waals surface area contributed by atoms with Crippen molar-refractivity contribution in [3.05, 3.63) is 41.9 Å². The average Bonchev–Trinajstić information content (AvgIpc) is 3.37. The van der Waals surface area contributed by atoms with Crippen LogP contribution in [0.4, 0.5) is 5.95 Å². The Morgan fingerprint density at radius 2 is 2.17 bits per heavy atom. The van der Waals surface area contributed by atoms with Gasteiger partial charge in [0.2, 0.25) is 5.95 Å². The minimum absolute atomic E-state index is 0.0679. The van der Waals surface area contributed by atoms with Gasteiger partial charge in [-0.15, -0.1) is 0 Å². The standard InChI is InChI=1S/C20H23ClN8O/c1-20(2,11-30)29-10-14(16-3-5-23-19(27-16)24-6-4-22)17(28-29)12-7-13-15(21)9-26-18(13)25-8-12/h3,5,7-10,30H,4,6,11,22H2,1-2H3,(H,25,26)(H,23,24,27).